The second kappa shape index (κ2) is 13.4. The van der Waals surface area contributed by atoms with Gasteiger partial charge in [-0.1, -0.05) is 42.0 Å². The van der Waals surface area contributed by atoms with Crippen molar-refractivity contribution < 1.29 is 23.8 Å². The summed E-state index contributed by atoms with van der Waals surface area (Å²) in [5, 5.41) is 3.14. The number of hydrogen-bond acceptors (Lipinski definition) is 5. The molecule has 1 saturated heterocycles. The fraction of sp³-hybridized carbons (Fsp3) is 0.333. The third kappa shape index (κ3) is 9.02. The zero-order valence-corrected chi connectivity index (χ0v) is 20.8. The lowest BCUT2D eigenvalue weighted by Crippen LogP contribution is -2.34. The van der Waals surface area contributed by atoms with Crippen LogP contribution in [-0.2, 0) is 9.53 Å². The first-order chi connectivity index (χ1) is 16.9. The molecule has 2 aliphatic heterocycles. The highest BCUT2D eigenvalue weighted by molar-refractivity contribution is 6.30. The maximum absolute atomic E-state index is 11.9. The minimum absolute atomic E-state index is 0.102. The smallest absolute Gasteiger partial charge is 0.411 e. The summed E-state index contributed by atoms with van der Waals surface area (Å²) in [6, 6.07) is 12.7. The molecule has 0 atom stereocenters. The van der Waals surface area contributed by atoms with Gasteiger partial charge in [0.15, 0.2) is 11.5 Å². The molecule has 1 fully saturated rings. The number of nitrogens with zero attached hydrogens (tertiary/aromatic N) is 1. The molecule has 2 aromatic carbocycles. The maximum Gasteiger partial charge on any atom is 0.411 e. The average Bonchev–Trinajstić information content (AvgIpc) is 3.30. The summed E-state index contributed by atoms with van der Waals surface area (Å²) in [6.45, 7) is 5.63. The van der Waals surface area contributed by atoms with E-state index in [0.29, 0.717) is 10.7 Å². The predicted octanol–water partition coefficient (Wildman–Crippen LogP) is 6.29. The fourth-order valence-electron chi connectivity index (χ4n) is 3.47. The number of carbonyl (C=O) groups excluding carboxylic acids is 2. The molecular formula is C27H31ClN2O5. The van der Waals surface area contributed by atoms with E-state index in [2.05, 4.69) is 5.32 Å². The van der Waals surface area contributed by atoms with Crippen LogP contribution in [0, 0.1) is 0 Å². The molecule has 0 unspecified atom stereocenters. The summed E-state index contributed by atoms with van der Waals surface area (Å²) in [5.41, 5.74) is 1.65. The standard InChI is InChI=1S/C17H19NO3.C10H12ClNO2/c19-17(18-10-4-1-5-11-18)7-3-2-6-14-8-9-15-16(12-14)21-13-20-15;1-7(2)14-10(13)12-9-5-3-4-8(11)6-9/h2-3,6-9,12H,1,4-5,10-11,13H2;3-7H,1-2H3,(H,12,13). The van der Waals surface area contributed by atoms with E-state index in [1.807, 2.05) is 35.3 Å². The van der Waals surface area contributed by atoms with E-state index >= 15 is 0 Å². The second-order valence-corrected chi connectivity index (χ2v) is 8.74. The van der Waals surface area contributed by atoms with Gasteiger partial charge >= 0.3 is 6.09 Å². The van der Waals surface area contributed by atoms with Gasteiger partial charge in [0.05, 0.1) is 6.10 Å². The molecule has 0 aromatic heterocycles. The number of likely N-dealkylation sites (tertiary alicyclic amines) is 1. The SMILES string of the molecule is CC(C)OC(=O)Nc1cccc(Cl)c1.O=C(C=CC=Cc1ccc2c(c1)OCO2)N1CCCCC1. The van der Waals surface area contributed by atoms with E-state index in [-0.39, 0.29) is 18.8 Å². The van der Waals surface area contributed by atoms with Crippen molar-refractivity contribution >= 4 is 35.4 Å². The van der Waals surface area contributed by atoms with Crippen molar-refractivity contribution in [3.8, 4) is 11.5 Å². The Bertz CT molecular complexity index is 1060. The van der Waals surface area contributed by atoms with Crippen LogP contribution in [0.2, 0.25) is 5.02 Å². The first kappa shape index (κ1) is 26.2. The average molecular weight is 499 g/mol. The van der Waals surface area contributed by atoms with Crippen molar-refractivity contribution in [2.75, 3.05) is 25.2 Å². The van der Waals surface area contributed by atoms with E-state index in [1.54, 1.807) is 50.3 Å². The Morgan fingerprint density at radius 3 is 2.54 bits per heavy atom. The molecule has 0 bridgehead atoms. The number of fused-ring (bicyclic) bond motifs is 1. The number of carbonyl (C=O) groups is 2. The molecule has 2 heterocycles. The molecule has 2 amide bonds. The molecule has 186 valence electrons. The quantitative estimate of drug-likeness (QED) is 0.387. The molecule has 0 radical (unpaired) electrons. The summed E-state index contributed by atoms with van der Waals surface area (Å²) in [7, 11) is 0. The van der Waals surface area contributed by atoms with Crippen molar-refractivity contribution in [3.05, 3.63) is 71.3 Å². The number of hydrogen-bond donors (Lipinski definition) is 1. The van der Waals surface area contributed by atoms with Crippen molar-refractivity contribution in [3.63, 3.8) is 0 Å². The Kier molecular flexibility index (Phi) is 10.0. The van der Waals surface area contributed by atoms with Crippen molar-refractivity contribution in [2.45, 2.75) is 39.2 Å². The summed E-state index contributed by atoms with van der Waals surface area (Å²) in [4.78, 5) is 25.0. The molecule has 1 N–H and O–H groups in total. The van der Waals surface area contributed by atoms with Crippen molar-refractivity contribution in [1.82, 2.24) is 4.90 Å². The third-order valence-electron chi connectivity index (χ3n) is 5.12. The van der Waals surface area contributed by atoms with Gasteiger partial charge in [-0.15, -0.1) is 0 Å². The molecule has 2 aliphatic rings. The number of anilines is 1. The topological polar surface area (TPSA) is 77.1 Å². The van der Waals surface area contributed by atoms with Crippen LogP contribution in [0.5, 0.6) is 11.5 Å². The number of allylic oxidation sites excluding steroid dienone is 2. The Hall–Kier alpha value is -3.45. The normalized spacial score (nSPS) is 14.7. The Labute approximate surface area is 211 Å². The van der Waals surface area contributed by atoms with E-state index in [9.17, 15) is 9.59 Å². The van der Waals surface area contributed by atoms with Crippen LogP contribution in [0.25, 0.3) is 6.08 Å². The van der Waals surface area contributed by atoms with Crippen LogP contribution in [0.1, 0.15) is 38.7 Å². The van der Waals surface area contributed by atoms with E-state index in [1.165, 1.54) is 6.42 Å². The van der Waals surface area contributed by atoms with Crippen LogP contribution in [0.3, 0.4) is 0 Å². The molecule has 0 spiro atoms. The Morgan fingerprint density at radius 2 is 1.80 bits per heavy atom. The number of piperidine rings is 1. The van der Waals surface area contributed by atoms with E-state index in [4.69, 9.17) is 25.8 Å². The van der Waals surface area contributed by atoms with Gasteiger partial charge in [-0.05, 0) is 69.0 Å². The highest BCUT2D eigenvalue weighted by atomic mass is 35.5. The summed E-state index contributed by atoms with van der Waals surface area (Å²) in [6.07, 6.45) is 10.1. The fourth-order valence-corrected chi connectivity index (χ4v) is 3.66. The first-order valence-electron chi connectivity index (χ1n) is 11.7. The minimum atomic E-state index is -0.470. The summed E-state index contributed by atoms with van der Waals surface area (Å²) >= 11 is 5.74. The summed E-state index contributed by atoms with van der Waals surface area (Å²) < 4.78 is 15.5. The number of rotatable bonds is 5. The molecule has 35 heavy (non-hydrogen) atoms. The first-order valence-corrected chi connectivity index (χ1v) is 12.0. The molecule has 7 nitrogen and oxygen atoms in total. The van der Waals surface area contributed by atoms with Crippen LogP contribution in [0.15, 0.2) is 60.7 Å². The van der Waals surface area contributed by atoms with Gasteiger partial charge in [0, 0.05) is 29.9 Å². The monoisotopic (exact) mass is 498 g/mol. The third-order valence-corrected chi connectivity index (χ3v) is 5.35. The number of benzene rings is 2. The molecule has 2 aromatic rings. The minimum Gasteiger partial charge on any atom is -0.454 e. The Balaban J connectivity index is 0.000000214. The van der Waals surface area contributed by atoms with E-state index < -0.39 is 6.09 Å². The Morgan fingerprint density at radius 1 is 1.03 bits per heavy atom. The number of nitrogens with one attached hydrogen (secondary N) is 1. The van der Waals surface area contributed by atoms with Crippen LogP contribution >= 0.6 is 11.6 Å². The lowest BCUT2D eigenvalue weighted by Gasteiger charge is -2.25. The molecule has 0 saturated carbocycles. The largest absolute Gasteiger partial charge is 0.454 e. The van der Waals surface area contributed by atoms with Gasteiger partial charge in [-0.3, -0.25) is 10.1 Å². The molecule has 8 heteroatoms. The molecule has 4 rings (SSSR count). The zero-order chi connectivity index (χ0) is 25.0. The number of amides is 2. The molecule has 0 aliphatic carbocycles. The van der Waals surface area contributed by atoms with Gasteiger partial charge in [0.2, 0.25) is 12.7 Å². The highest BCUT2D eigenvalue weighted by Crippen LogP contribution is 2.32. The number of halogens is 1. The zero-order valence-electron chi connectivity index (χ0n) is 20.0. The summed E-state index contributed by atoms with van der Waals surface area (Å²) in [5.74, 6) is 1.65. The lowest BCUT2D eigenvalue weighted by atomic mass is 10.1. The van der Waals surface area contributed by atoms with Crippen LogP contribution in [-0.4, -0.2) is 42.9 Å². The predicted molar refractivity (Wildman–Crippen MR) is 138 cm³/mol. The molecular weight excluding hydrogens is 468 g/mol. The van der Waals surface area contributed by atoms with Gasteiger partial charge in [0.1, 0.15) is 0 Å². The lowest BCUT2D eigenvalue weighted by molar-refractivity contribution is -0.126. The van der Waals surface area contributed by atoms with Gasteiger partial charge < -0.3 is 19.1 Å². The number of ether oxygens (including phenoxy) is 3. The van der Waals surface area contributed by atoms with Crippen LogP contribution in [0.4, 0.5) is 10.5 Å². The maximum atomic E-state index is 11.9. The van der Waals surface area contributed by atoms with Crippen molar-refractivity contribution in [1.29, 1.82) is 0 Å². The van der Waals surface area contributed by atoms with Crippen molar-refractivity contribution in [2.24, 2.45) is 0 Å². The van der Waals surface area contributed by atoms with Gasteiger partial charge in [-0.25, -0.2) is 4.79 Å². The second-order valence-electron chi connectivity index (χ2n) is 8.31. The van der Waals surface area contributed by atoms with Gasteiger partial charge in [0.25, 0.3) is 0 Å². The van der Waals surface area contributed by atoms with Gasteiger partial charge in [-0.2, -0.15) is 0 Å². The van der Waals surface area contributed by atoms with Crippen LogP contribution < -0.4 is 14.8 Å². The van der Waals surface area contributed by atoms with E-state index in [0.717, 1.165) is 43.0 Å². The highest BCUT2D eigenvalue weighted by Gasteiger charge is 2.13.